The monoisotopic (exact) mass is 486 g/mol. The average Bonchev–Trinajstić information content (AvgIpc) is 2.65. The number of halogens is 6. The van der Waals surface area contributed by atoms with Gasteiger partial charge in [-0.1, -0.05) is 0 Å². The minimum absolute atomic E-state index is 0.0185. The number of hydrogen-bond acceptors (Lipinski definition) is 8. The summed E-state index contributed by atoms with van der Waals surface area (Å²) in [7, 11) is 2.79. The Balaban J connectivity index is 0. The molecule has 0 heterocycles. The first-order valence-corrected chi connectivity index (χ1v) is 8.67. The predicted molar refractivity (Wildman–Crippen MR) is 92.8 cm³/mol. The van der Waals surface area contributed by atoms with Crippen molar-refractivity contribution in [1.82, 2.24) is 0 Å². The van der Waals surface area contributed by atoms with E-state index in [-0.39, 0.29) is 35.9 Å². The molecule has 6 N–H and O–H groups in total. The van der Waals surface area contributed by atoms with Gasteiger partial charge in [-0.25, -0.2) is 9.59 Å². The van der Waals surface area contributed by atoms with Crippen molar-refractivity contribution in [2.24, 2.45) is 23.3 Å². The SMILES string of the molecule is COC(=O)[C@@H]1CC[C@@H]1N.COC(=O)[C@H]1CC[C@H]1N.O=C(O)C(F)(F)F.O=C(O)C(F)(F)F. The number of alkyl halides is 6. The van der Waals surface area contributed by atoms with Crippen LogP contribution in [-0.4, -0.2) is 72.7 Å². The van der Waals surface area contributed by atoms with E-state index in [2.05, 4.69) is 9.47 Å². The maximum atomic E-state index is 10.7. The number of carbonyl (C=O) groups excluding carboxylic acids is 2. The average molecular weight is 486 g/mol. The summed E-state index contributed by atoms with van der Waals surface area (Å²) in [6.45, 7) is 0. The van der Waals surface area contributed by atoms with Crippen LogP contribution in [0.5, 0.6) is 0 Å². The van der Waals surface area contributed by atoms with Crippen LogP contribution >= 0.6 is 0 Å². The molecule has 2 aliphatic rings. The van der Waals surface area contributed by atoms with E-state index in [1.165, 1.54) is 14.2 Å². The molecule has 4 atom stereocenters. The lowest BCUT2D eigenvalue weighted by atomic mass is 9.80. The molecule has 2 saturated carbocycles. The van der Waals surface area contributed by atoms with Crippen molar-refractivity contribution < 1.29 is 65.2 Å². The molecule has 0 amide bonds. The van der Waals surface area contributed by atoms with Crippen LogP contribution in [0.2, 0.25) is 0 Å². The third-order valence-electron chi connectivity index (χ3n) is 4.15. The van der Waals surface area contributed by atoms with E-state index < -0.39 is 24.3 Å². The Morgan fingerprint density at radius 1 is 0.688 bits per heavy atom. The van der Waals surface area contributed by atoms with Crippen molar-refractivity contribution in [2.45, 2.75) is 50.1 Å². The Morgan fingerprint density at radius 2 is 0.906 bits per heavy atom. The number of hydrogen-bond donors (Lipinski definition) is 4. The van der Waals surface area contributed by atoms with E-state index in [9.17, 15) is 35.9 Å². The molecular weight excluding hydrogens is 462 g/mol. The van der Waals surface area contributed by atoms with Crippen LogP contribution in [0.3, 0.4) is 0 Å². The molecule has 10 nitrogen and oxygen atoms in total. The first-order chi connectivity index (χ1) is 14.4. The minimum Gasteiger partial charge on any atom is -0.475 e. The van der Waals surface area contributed by atoms with E-state index in [1.54, 1.807) is 0 Å². The van der Waals surface area contributed by atoms with E-state index in [1.807, 2.05) is 0 Å². The Kier molecular flexibility index (Phi) is 13.5. The number of carboxylic acid groups (broad SMARTS) is 2. The van der Waals surface area contributed by atoms with Gasteiger partial charge in [0.25, 0.3) is 0 Å². The van der Waals surface area contributed by atoms with E-state index in [0.29, 0.717) is 0 Å². The number of methoxy groups -OCH3 is 2. The Labute approximate surface area is 177 Å². The fraction of sp³-hybridized carbons (Fsp3) is 0.750. The largest absolute Gasteiger partial charge is 0.490 e. The topological polar surface area (TPSA) is 179 Å². The van der Waals surface area contributed by atoms with Crippen LogP contribution in [0.15, 0.2) is 0 Å². The lowest BCUT2D eigenvalue weighted by molar-refractivity contribution is -0.193. The fourth-order valence-corrected chi connectivity index (χ4v) is 1.94. The Morgan fingerprint density at radius 3 is 0.938 bits per heavy atom. The molecule has 0 aromatic carbocycles. The molecule has 2 rings (SSSR count). The molecular formula is C16H24F6N2O8. The van der Waals surface area contributed by atoms with Gasteiger partial charge in [0.2, 0.25) is 0 Å². The molecule has 0 unspecified atom stereocenters. The number of carboxylic acids is 2. The third-order valence-corrected chi connectivity index (χ3v) is 4.15. The molecule has 16 heteroatoms. The number of rotatable bonds is 2. The summed E-state index contributed by atoms with van der Waals surface area (Å²) in [4.78, 5) is 39.2. The molecule has 188 valence electrons. The minimum atomic E-state index is -5.08. The number of aliphatic carboxylic acids is 2. The summed E-state index contributed by atoms with van der Waals surface area (Å²) >= 11 is 0. The van der Waals surface area contributed by atoms with Crippen LogP contribution < -0.4 is 11.5 Å². The highest BCUT2D eigenvalue weighted by atomic mass is 19.4. The van der Waals surface area contributed by atoms with Gasteiger partial charge in [-0.05, 0) is 25.7 Å². The van der Waals surface area contributed by atoms with Gasteiger partial charge in [0, 0.05) is 12.1 Å². The highest BCUT2D eigenvalue weighted by Gasteiger charge is 2.39. The van der Waals surface area contributed by atoms with E-state index in [0.717, 1.165) is 25.7 Å². The van der Waals surface area contributed by atoms with Crippen molar-refractivity contribution >= 4 is 23.9 Å². The Hall–Kier alpha value is -2.62. The zero-order valence-electron chi connectivity index (χ0n) is 16.9. The highest BCUT2D eigenvalue weighted by Crippen LogP contribution is 2.26. The maximum absolute atomic E-state index is 10.7. The molecule has 0 radical (unpaired) electrons. The van der Waals surface area contributed by atoms with E-state index >= 15 is 0 Å². The van der Waals surface area contributed by atoms with Crippen LogP contribution in [-0.2, 0) is 28.7 Å². The van der Waals surface area contributed by atoms with Gasteiger partial charge in [0.15, 0.2) is 0 Å². The van der Waals surface area contributed by atoms with Crippen molar-refractivity contribution in [1.29, 1.82) is 0 Å². The van der Waals surface area contributed by atoms with Crippen molar-refractivity contribution in [3.63, 3.8) is 0 Å². The quantitative estimate of drug-likeness (QED) is 0.326. The maximum Gasteiger partial charge on any atom is 0.490 e. The van der Waals surface area contributed by atoms with Crippen molar-refractivity contribution in [3.05, 3.63) is 0 Å². The molecule has 2 fully saturated rings. The first-order valence-electron chi connectivity index (χ1n) is 8.67. The second-order valence-corrected chi connectivity index (χ2v) is 6.35. The van der Waals surface area contributed by atoms with Crippen LogP contribution in [0, 0.1) is 11.8 Å². The van der Waals surface area contributed by atoms with Gasteiger partial charge in [-0.15, -0.1) is 0 Å². The van der Waals surface area contributed by atoms with Gasteiger partial charge < -0.3 is 31.2 Å². The summed E-state index contributed by atoms with van der Waals surface area (Å²) in [5.41, 5.74) is 11.0. The fourth-order valence-electron chi connectivity index (χ4n) is 1.94. The highest BCUT2D eigenvalue weighted by molar-refractivity contribution is 5.74. The lowest BCUT2D eigenvalue weighted by Crippen LogP contribution is -2.44. The molecule has 0 spiro atoms. The van der Waals surface area contributed by atoms with Gasteiger partial charge in [-0.3, -0.25) is 9.59 Å². The molecule has 2 aliphatic carbocycles. The van der Waals surface area contributed by atoms with Crippen LogP contribution in [0.25, 0.3) is 0 Å². The molecule has 0 aromatic heterocycles. The van der Waals surface area contributed by atoms with Crippen LogP contribution in [0.1, 0.15) is 25.7 Å². The summed E-state index contributed by atoms with van der Waals surface area (Å²) in [5.74, 6) is -5.87. The van der Waals surface area contributed by atoms with E-state index in [4.69, 9.17) is 31.3 Å². The van der Waals surface area contributed by atoms with Gasteiger partial charge in [0.1, 0.15) is 0 Å². The molecule has 0 saturated heterocycles. The van der Waals surface area contributed by atoms with Gasteiger partial charge in [0.05, 0.1) is 26.1 Å². The third kappa shape index (κ3) is 12.3. The molecule has 0 bridgehead atoms. The number of ether oxygens (including phenoxy) is 2. The predicted octanol–water partition coefficient (Wildman–Crippen LogP) is 1.06. The number of esters is 2. The zero-order valence-corrected chi connectivity index (χ0v) is 16.9. The van der Waals surface area contributed by atoms with Gasteiger partial charge >= 0.3 is 36.2 Å². The second kappa shape index (κ2) is 13.7. The number of carbonyl (C=O) groups is 4. The first kappa shape index (κ1) is 31.6. The van der Waals surface area contributed by atoms with Crippen molar-refractivity contribution in [3.8, 4) is 0 Å². The van der Waals surface area contributed by atoms with Crippen molar-refractivity contribution in [2.75, 3.05) is 14.2 Å². The zero-order chi connectivity index (χ0) is 25.9. The summed E-state index contributed by atoms with van der Waals surface area (Å²) in [5, 5.41) is 14.2. The van der Waals surface area contributed by atoms with Gasteiger partial charge in [-0.2, -0.15) is 26.3 Å². The lowest BCUT2D eigenvalue weighted by Gasteiger charge is -2.30. The summed E-state index contributed by atoms with van der Waals surface area (Å²) in [6, 6.07) is 0.106. The normalized spacial score (nSPS) is 23.6. The van der Waals surface area contributed by atoms with Crippen LogP contribution in [0.4, 0.5) is 26.3 Å². The standard InChI is InChI=1S/2C6H11NO2.2C2HF3O2/c2*1-9-6(8)4-2-3-5(4)7;2*3-2(4,5)1(6)7/h2*4-5H,2-3,7H2,1H3;2*(H,6,7)/t2*4-,5+;;/m10../s1. The number of nitrogens with two attached hydrogens (primary N) is 2. The smallest absolute Gasteiger partial charge is 0.475 e. The summed E-state index contributed by atoms with van der Waals surface area (Å²) < 4.78 is 72.5. The second-order valence-electron chi connectivity index (χ2n) is 6.35. The molecule has 0 aliphatic heterocycles. The summed E-state index contributed by atoms with van der Waals surface area (Å²) in [6.07, 6.45) is -6.46. The molecule has 32 heavy (non-hydrogen) atoms. The Bertz CT molecular complexity index is 587. The molecule has 0 aromatic rings.